The van der Waals surface area contributed by atoms with Gasteiger partial charge in [0.05, 0.1) is 12.2 Å². The van der Waals surface area contributed by atoms with Gasteiger partial charge >= 0.3 is 0 Å². The van der Waals surface area contributed by atoms with E-state index in [9.17, 15) is 0 Å². The van der Waals surface area contributed by atoms with Gasteiger partial charge in [-0.15, -0.1) is 0 Å². The third-order valence-electron chi connectivity index (χ3n) is 3.56. The van der Waals surface area contributed by atoms with Crippen molar-refractivity contribution in [3.8, 4) is 0 Å². The molecule has 0 aromatic carbocycles. The van der Waals surface area contributed by atoms with Gasteiger partial charge in [-0.2, -0.15) is 11.8 Å². The van der Waals surface area contributed by atoms with Crippen molar-refractivity contribution in [2.24, 2.45) is 0 Å². The van der Waals surface area contributed by atoms with Crippen LogP contribution in [0.2, 0.25) is 0 Å². The molecule has 0 spiro atoms. The molecule has 2 fully saturated rings. The Bertz CT molecular complexity index is 204. The van der Waals surface area contributed by atoms with Gasteiger partial charge in [0, 0.05) is 37.3 Å². The molecule has 2 aliphatic heterocycles. The normalized spacial score (nSPS) is 30.9. The molecule has 100 valence electrons. The van der Waals surface area contributed by atoms with Crippen LogP contribution in [0.4, 0.5) is 0 Å². The van der Waals surface area contributed by atoms with Gasteiger partial charge in [0.2, 0.25) is 0 Å². The minimum atomic E-state index is 0.443. The molecular weight excluding hydrogens is 234 g/mol. The Kier molecular flexibility index (Phi) is 6.12. The standard InChI is InChI=1S/C13H25NO2S/c1-11(13-5-3-8-16-13)14-6-9-17-10-12-4-2-7-15-12/h11-14H,2-10H2,1H3. The zero-order valence-corrected chi connectivity index (χ0v) is 11.6. The predicted molar refractivity (Wildman–Crippen MR) is 72.7 cm³/mol. The summed E-state index contributed by atoms with van der Waals surface area (Å²) in [6.07, 6.45) is 5.92. The van der Waals surface area contributed by atoms with Gasteiger partial charge in [0.15, 0.2) is 0 Å². The maximum atomic E-state index is 5.66. The van der Waals surface area contributed by atoms with Gasteiger partial charge in [-0.25, -0.2) is 0 Å². The minimum Gasteiger partial charge on any atom is -0.377 e. The van der Waals surface area contributed by atoms with Gasteiger partial charge in [0.25, 0.3) is 0 Å². The van der Waals surface area contributed by atoms with Crippen LogP contribution in [0, 0.1) is 0 Å². The van der Waals surface area contributed by atoms with Gasteiger partial charge in [-0.3, -0.25) is 0 Å². The van der Waals surface area contributed by atoms with E-state index >= 15 is 0 Å². The van der Waals surface area contributed by atoms with Crippen LogP contribution in [0.25, 0.3) is 0 Å². The molecule has 0 radical (unpaired) electrons. The van der Waals surface area contributed by atoms with E-state index in [1.54, 1.807) is 0 Å². The molecule has 0 aromatic heterocycles. The van der Waals surface area contributed by atoms with Crippen LogP contribution in [0.3, 0.4) is 0 Å². The Hall–Kier alpha value is 0.230. The fraction of sp³-hybridized carbons (Fsp3) is 1.00. The monoisotopic (exact) mass is 259 g/mol. The average Bonchev–Trinajstić information content (AvgIpc) is 3.01. The lowest BCUT2D eigenvalue weighted by Crippen LogP contribution is -2.38. The molecule has 17 heavy (non-hydrogen) atoms. The first-order valence-corrected chi connectivity index (χ1v) is 8.06. The van der Waals surface area contributed by atoms with Crippen molar-refractivity contribution in [2.45, 2.75) is 50.9 Å². The summed E-state index contributed by atoms with van der Waals surface area (Å²) in [5.41, 5.74) is 0. The van der Waals surface area contributed by atoms with E-state index < -0.39 is 0 Å². The third kappa shape index (κ3) is 4.78. The Balaban J connectivity index is 1.45. The van der Waals surface area contributed by atoms with Crippen LogP contribution in [0.5, 0.6) is 0 Å². The van der Waals surface area contributed by atoms with Crippen molar-refractivity contribution >= 4 is 11.8 Å². The fourth-order valence-electron chi connectivity index (χ4n) is 2.48. The first kappa shape index (κ1) is 13.7. The summed E-state index contributed by atoms with van der Waals surface area (Å²) in [6.45, 7) is 5.24. The predicted octanol–water partition coefficient (Wildman–Crippen LogP) is 2.06. The molecule has 0 aromatic rings. The Morgan fingerprint density at radius 3 is 2.76 bits per heavy atom. The number of thioether (sulfide) groups is 1. The van der Waals surface area contributed by atoms with Crippen molar-refractivity contribution in [1.82, 2.24) is 5.32 Å². The van der Waals surface area contributed by atoms with Crippen molar-refractivity contribution in [1.29, 1.82) is 0 Å². The van der Waals surface area contributed by atoms with Gasteiger partial charge in [0.1, 0.15) is 0 Å². The maximum absolute atomic E-state index is 5.66. The van der Waals surface area contributed by atoms with Gasteiger partial charge < -0.3 is 14.8 Å². The second-order valence-electron chi connectivity index (χ2n) is 5.00. The summed E-state index contributed by atoms with van der Waals surface area (Å²) < 4.78 is 11.3. The summed E-state index contributed by atoms with van der Waals surface area (Å²) in [5.74, 6) is 2.34. The quantitative estimate of drug-likeness (QED) is 0.709. The lowest BCUT2D eigenvalue weighted by molar-refractivity contribution is 0.0844. The second kappa shape index (κ2) is 7.62. The third-order valence-corrected chi connectivity index (χ3v) is 4.66. The molecule has 2 rings (SSSR count). The van der Waals surface area contributed by atoms with Crippen LogP contribution in [0.15, 0.2) is 0 Å². The molecule has 3 unspecified atom stereocenters. The minimum absolute atomic E-state index is 0.443. The van der Waals surface area contributed by atoms with E-state index in [1.807, 2.05) is 11.8 Å². The van der Waals surface area contributed by atoms with E-state index in [4.69, 9.17) is 9.47 Å². The molecule has 0 aliphatic carbocycles. The first-order chi connectivity index (χ1) is 8.36. The smallest absolute Gasteiger partial charge is 0.0726 e. The van der Waals surface area contributed by atoms with E-state index in [1.165, 1.54) is 31.4 Å². The van der Waals surface area contributed by atoms with Crippen LogP contribution in [-0.2, 0) is 9.47 Å². The molecule has 4 heteroatoms. The molecule has 3 atom stereocenters. The Morgan fingerprint density at radius 2 is 2.06 bits per heavy atom. The Morgan fingerprint density at radius 1 is 1.24 bits per heavy atom. The Labute approximate surface area is 109 Å². The number of nitrogens with one attached hydrogen (secondary N) is 1. The summed E-state index contributed by atoms with van der Waals surface area (Å²) in [4.78, 5) is 0. The van der Waals surface area contributed by atoms with Crippen LogP contribution in [-0.4, -0.2) is 49.5 Å². The van der Waals surface area contributed by atoms with Crippen molar-refractivity contribution in [3.05, 3.63) is 0 Å². The number of hydrogen-bond acceptors (Lipinski definition) is 4. The van der Waals surface area contributed by atoms with E-state index in [2.05, 4.69) is 12.2 Å². The summed E-state index contributed by atoms with van der Waals surface area (Å²) in [6, 6.07) is 0.501. The number of hydrogen-bond donors (Lipinski definition) is 1. The average molecular weight is 259 g/mol. The summed E-state index contributed by atoms with van der Waals surface area (Å²) in [5, 5.41) is 3.56. The van der Waals surface area contributed by atoms with E-state index in [-0.39, 0.29) is 0 Å². The zero-order chi connectivity index (χ0) is 11.9. The highest BCUT2D eigenvalue weighted by molar-refractivity contribution is 7.99. The van der Waals surface area contributed by atoms with Crippen molar-refractivity contribution in [2.75, 3.05) is 31.3 Å². The molecule has 0 bridgehead atoms. The number of ether oxygens (including phenoxy) is 2. The van der Waals surface area contributed by atoms with Crippen LogP contribution in [0.1, 0.15) is 32.6 Å². The molecule has 0 saturated carbocycles. The first-order valence-electron chi connectivity index (χ1n) is 6.90. The molecular formula is C13H25NO2S. The lowest BCUT2D eigenvalue weighted by Gasteiger charge is -2.20. The highest BCUT2D eigenvalue weighted by Crippen LogP contribution is 2.17. The van der Waals surface area contributed by atoms with E-state index in [0.29, 0.717) is 18.2 Å². The van der Waals surface area contributed by atoms with Crippen LogP contribution >= 0.6 is 11.8 Å². The molecule has 0 amide bonds. The maximum Gasteiger partial charge on any atom is 0.0726 e. The largest absolute Gasteiger partial charge is 0.377 e. The summed E-state index contributed by atoms with van der Waals surface area (Å²) in [7, 11) is 0. The number of rotatable bonds is 7. The highest BCUT2D eigenvalue weighted by Gasteiger charge is 2.21. The molecule has 1 N–H and O–H groups in total. The topological polar surface area (TPSA) is 30.5 Å². The van der Waals surface area contributed by atoms with Crippen LogP contribution < -0.4 is 5.32 Å². The molecule has 2 saturated heterocycles. The van der Waals surface area contributed by atoms with E-state index in [0.717, 1.165) is 25.5 Å². The molecule has 2 aliphatic rings. The fourth-order valence-corrected chi connectivity index (χ4v) is 3.43. The highest BCUT2D eigenvalue weighted by atomic mass is 32.2. The molecule has 3 nitrogen and oxygen atoms in total. The summed E-state index contributed by atoms with van der Waals surface area (Å²) >= 11 is 2.01. The van der Waals surface area contributed by atoms with Gasteiger partial charge in [-0.1, -0.05) is 0 Å². The van der Waals surface area contributed by atoms with Gasteiger partial charge in [-0.05, 0) is 32.6 Å². The lowest BCUT2D eigenvalue weighted by atomic mass is 10.1. The van der Waals surface area contributed by atoms with Crippen molar-refractivity contribution < 1.29 is 9.47 Å². The second-order valence-corrected chi connectivity index (χ2v) is 6.15. The molecule has 2 heterocycles. The SMILES string of the molecule is CC(NCCSCC1CCCO1)C1CCCO1. The zero-order valence-electron chi connectivity index (χ0n) is 10.8. The van der Waals surface area contributed by atoms with Crippen molar-refractivity contribution in [3.63, 3.8) is 0 Å².